The molecule has 2 rings (SSSR count). The Morgan fingerprint density at radius 3 is 2.41 bits per heavy atom. The molecule has 0 aromatic heterocycles. The fourth-order valence-corrected chi connectivity index (χ4v) is 2.24. The van der Waals surface area contributed by atoms with Crippen molar-refractivity contribution in [3.8, 4) is 0 Å². The molecule has 0 atom stereocenters. The molecule has 1 aliphatic rings. The van der Waals surface area contributed by atoms with Crippen molar-refractivity contribution in [2.24, 2.45) is 0 Å². The van der Waals surface area contributed by atoms with Gasteiger partial charge >= 0.3 is 12.1 Å². The molecule has 0 bridgehead atoms. The molecule has 1 fully saturated rings. The number of hydrogen-bond acceptors (Lipinski definition) is 3. The average Bonchev–Trinajstić information content (AvgIpc) is 2.86. The summed E-state index contributed by atoms with van der Waals surface area (Å²) in [6.45, 7) is 6.74. The molecule has 1 aliphatic heterocycles. The summed E-state index contributed by atoms with van der Waals surface area (Å²) in [6.07, 6.45) is 2.51. The molecular weight excluding hydrogens is 282 g/mol. The van der Waals surface area contributed by atoms with Crippen LogP contribution in [0.15, 0.2) is 29.8 Å². The summed E-state index contributed by atoms with van der Waals surface area (Å²) < 4.78 is 5.36. The van der Waals surface area contributed by atoms with Crippen LogP contribution in [0, 0.1) is 0 Å². The van der Waals surface area contributed by atoms with Crippen LogP contribution >= 0.6 is 0 Å². The molecule has 22 heavy (non-hydrogen) atoms. The fourth-order valence-electron chi connectivity index (χ4n) is 2.24. The molecule has 1 N–H and O–H groups in total. The van der Waals surface area contributed by atoms with Crippen LogP contribution in [0.4, 0.5) is 4.79 Å². The van der Waals surface area contributed by atoms with Gasteiger partial charge in [0.05, 0.1) is 5.56 Å². The van der Waals surface area contributed by atoms with Crippen molar-refractivity contribution in [1.82, 2.24) is 4.90 Å². The Balaban J connectivity index is 2.00. The highest BCUT2D eigenvalue weighted by molar-refractivity contribution is 5.87. The van der Waals surface area contributed by atoms with Gasteiger partial charge in [-0.3, -0.25) is 0 Å². The molecule has 1 aromatic rings. The molecule has 0 radical (unpaired) electrons. The fraction of sp³-hybridized carbons (Fsp3) is 0.412. The van der Waals surface area contributed by atoms with E-state index < -0.39 is 11.6 Å². The number of carboxylic acid groups (broad SMARTS) is 1. The lowest BCUT2D eigenvalue weighted by atomic mass is 10.1. The number of hydrogen-bond donors (Lipinski definition) is 1. The van der Waals surface area contributed by atoms with Crippen LogP contribution in [-0.2, 0) is 4.74 Å². The molecule has 0 aliphatic carbocycles. The van der Waals surface area contributed by atoms with Crippen LogP contribution < -0.4 is 0 Å². The minimum atomic E-state index is -0.934. The number of nitrogens with zero attached hydrogens (tertiary/aromatic N) is 1. The minimum absolute atomic E-state index is 0.268. The number of benzene rings is 1. The first kappa shape index (κ1) is 16.1. The van der Waals surface area contributed by atoms with Crippen molar-refractivity contribution in [2.75, 3.05) is 13.1 Å². The van der Waals surface area contributed by atoms with Crippen molar-refractivity contribution < 1.29 is 19.4 Å². The number of likely N-dealkylation sites (tertiary alicyclic amines) is 1. The molecule has 0 unspecified atom stereocenters. The third-order valence-corrected chi connectivity index (χ3v) is 3.28. The third kappa shape index (κ3) is 4.35. The zero-order valence-corrected chi connectivity index (χ0v) is 13.1. The maximum Gasteiger partial charge on any atom is 0.410 e. The van der Waals surface area contributed by atoms with E-state index in [0.29, 0.717) is 13.1 Å². The molecule has 1 aromatic carbocycles. The second-order valence-electron chi connectivity index (χ2n) is 6.38. The third-order valence-electron chi connectivity index (χ3n) is 3.28. The smallest absolute Gasteiger partial charge is 0.410 e. The first-order valence-electron chi connectivity index (χ1n) is 7.25. The van der Waals surface area contributed by atoms with Crippen LogP contribution in [0.1, 0.15) is 43.1 Å². The van der Waals surface area contributed by atoms with E-state index in [1.807, 2.05) is 26.8 Å². The van der Waals surface area contributed by atoms with Crippen molar-refractivity contribution in [3.63, 3.8) is 0 Å². The molecular formula is C17H21NO4. The van der Waals surface area contributed by atoms with Crippen LogP contribution in [0.3, 0.4) is 0 Å². The van der Waals surface area contributed by atoms with Gasteiger partial charge in [0.15, 0.2) is 0 Å². The minimum Gasteiger partial charge on any atom is -0.478 e. The second kappa shape index (κ2) is 6.22. The predicted octanol–water partition coefficient (Wildman–Crippen LogP) is 3.41. The molecule has 1 amide bonds. The quantitative estimate of drug-likeness (QED) is 0.909. The number of ether oxygens (including phenoxy) is 1. The van der Waals surface area contributed by atoms with E-state index in [1.54, 1.807) is 29.2 Å². The molecule has 5 nitrogen and oxygen atoms in total. The van der Waals surface area contributed by atoms with Crippen molar-refractivity contribution in [2.45, 2.75) is 32.8 Å². The molecule has 1 heterocycles. The molecule has 0 spiro atoms. The molecule has 0 saturated carbocycles. The van der Waals surface area contributed by atoms with E-state index in [4.69, 9.17) is 9.84 Å². The van der Waals surface area contributed by atoms with Gasteiger partial charge in [-0.25, -0.2) is 9.59 Å². The Hall–Kier alpha value is -2.30. The second-order valence-corrected chi connectivity index (χ2v) is 6.38. The highest BCUT2D eigenvalue weighted by Gasteiger charge is 2.26. The number of aromatic carboxylic acids is 1. The maximum absolute atomic E-state index is 12.0. The van der Waals surface area contributed by atoms with Gasteiger partial charge in [-0.1, -0.05) is 18.2 Å². The van der Waals surface area contributed by atoms with Gasteiger partial charge in [-0.2, -0.15) is 0 Å². The highest BCUT2D eigenvalue weighted by Crippen LogP contribution is 2.21. The van der Waals surface area contributed by atoms with E-state index in [0.717, 1.165) is 17.6 Å². The van der Waals surface area contributed by atoms with Gasteiger partial charge in [-0.15, -0.1) is 0 Å². The van der Waals surface area contributed by atoms with Crippen molar-refractivity contribution in [1.29, 1.82) is 0 Å². The summed E-state index contributed by atoms with van der Waals surface area (Å²) in [5.74, 6) is -0.934. The van der Waals surface area contributed by atoms with Crippen LogP contribution in [0.5, 0.6) is 0 Å². The van der Waals surface area contributed by atoms with Gasteiger partial charge in [0.1, 0.15) is 5.60 Å². The van der Waals surface area contributed by atoms with E-state index in [1.165, 1.54) is 0 Å². The van der Waals surface area contributed by atoms with E-state index in [9.17, 15) is 9.59 Å². The van der Waals surface area contributed by atoms with Gasteiger partial charge in [0.25, 0.3) is 0 Å². The van der Waals surface area contributed by atoms with Gasteiger partial charge in [0.2, 0.25) is 0 Å². The first-order valence-corrected chi connectivity index (χ1v) is 7.25. The summed E-state index contributed by atoms with van der Waals surface area (Å²) in [7, 11) is 0. The lowest BCUT2D eigenvalue weighted by molar-refractivity contribution is 0.0299. The molecule has 1 saturated heterocycles. The number of carboxylic acids is 1. The Morgan fingerprint density at radius 2 is 1.86 bits per heavy atom. The van der Waals surface area contributed by atoms with Crippen LogP contribution in [0.25, 0.3) is 6.08 Å². The number of carbonyl (C=O) groups is 2. The van der Waals surface area contributed by atoms with Gasteiger partial charge in [0, 0.05) is 13.1 Å². The Bertz CT molecular complexity index is 596. The zero-order valence-electron chi connectivity index (χ0n) is 13.1. The lowest BCUT2D eigenvalue weighted by Crippen LogP contribution is -2.34. The Morgan fingerprint density at radius 1 is 1.23 bits per heavy atom. The van der Waals surface area contributed by atoms with Crippen molar-refractivity contribution >= 4 is 18.1 Å². The Labute approximate surface area is 130 Å². The zero-order chi connectivity index (χ0) is 16.3. The number of amides is 1. The van der Waals surface area contributed by atoms with Gasteiger partial charge in [-0.05, 0) is 50.5 Å². The molecule has 5 heteroatoms. The van der Waals surface area contributed by atoms with E-state index >= 15 is 0 Å². The summed E-state index contributed by atoms with van der Waals surface area (Å²) in [5, 5.41) is 8.88. The molecule has 118 valence electrons. The SMILES string of the molecule is CC(C)(C)OC(=O)N1CC/C(=C/c2ccc(C(=O)O)cc2)C1. The van der Waals surface area contributed by atoms with Crippen LogP contribution in [0.2, 0.25) is 0 Å². The summed E-state index contributed by atoms with van der Waals surface area (Å²) >= 11 is 0. The monoisotopic (exact) mass is 303 g/mol. The highest BCUT2D eigenvalue weighted by atomic mass is 16.6. The van der Waals surface area contributed by atoms with E-state index in [2.05, 4.69) is 0 Å². The van der Waals surface area contributed by atoms with E-state index in [-0.39, 0.29) is 11.7 Å². The normalized spacial score (nSPS) is 16.9. The number of carbonyl (C=O) groups excluding carboxylic acids is 1. The van der Waals surface area contributed by atoms with Crippen LogP contribution in [-0.4, -0.2) is 40.8 Å². The largest absolute Gasteiger partial charge is 0.478 e. The summed E-state index contributed by atoms with van der Waals surface area (Å²) in [6, 6.07) is 6.70. The Kier molecular flexibility index (Phi) is 4.54. The standard InChI is InChI=1S/C17H21NO4/c1-17(2,3)22-16(21)18-9-8-13(11-18)10-12-4-6-14(7-5-12)15(19)20/h4-7,10H,8-9,11H2,1-3H3,(H,19,20)/b13-10-. The average molecular weight is 303 g/mol. The topological polar surface area (TPSA) is 66.8 Å². The first-order chi connectivity index (χ1) is 10.2. The van der Waals surface area contributed by atoms with Crippen molar-refractivity contribution in [3.05, 3.63) is 41.0 Å². The maximum atomic E-state index is 12.0. The summed E-state index contributed by atoms with van der Waals surface area (Å²) in [4.78, 5) is 24.5. The summed E-state index contributed by atoms with van der Waals surface area (Å²) in [5.41, 5.74) is 1.85. The number of rotatable bonds is 2. The van der Waals surface area contributed by atoms with Gasteiger partial charge < -0.3 is 14.7 Å². The lowest BCUT2D eigenvalue weighted by Gasteiger charge is -2.23. The predicted molar refractivity (Wildman–Crippen MR) is 83.8 cm³/mol.